The first-order valence-corrected chi connectivity index (χ1v) is 8.21. The Balaban J connectivity index is 1.78. The predicted octanol–water partition coefficient (Wildman–Crippen LogP) is 2.61. The maximum absolute atomic E-state index is 12.8. The van der Waals surface area contributed by atoms with Gasteiger partial charge in [-0.3, -0.25) is 4.79 Å². The number of carbonyl (C=O) groups excluding carboxylic acids is 1. The Labute approximate surface area is 146 Å². The maximum atomic E-state index is 12.8. The molecular formula is C18H22N2O5. The van der Waals surface area contributed by atoms with Gasteiger partial charge in [-0.15, -0.1) is 0 Å². The monoisotopic (exact) mass is 346 g/mol. The van der Waals surface area contributed by atoms with Crippen molar-refractivity contribution in [1.29, 1.82) is 0 Å². The first-order valence-electron chi connectivity index (χ1n) is 8.21. The van der Waals surface area contributed by atoms with Crippen LogP contribution < -0.4 is 19.1 Å². The summed E-state index contributed by atoms with van der Waals surface area (Å²) in [7, 11) is 4.76. The van der Waals surface area contributed by atoms with Gasteiger partial charge in [-0.05, 0) is 18.0 Å². The van der Waals surface area contributed by atoms with E-state index in [4.69, 9.17) is 18.7 Å². The van der Waals surface area contributed by atoms with Gasteiger partial charge in [0.15, 0.2) is 0 Å². The lowest BCUT2D eigenvalue weighted by molar-refractivity contribution is -0.118. The Hall–Kier alpha value is -2.70. The predicted molar refractivity (Wildman–Crippen MR) is 91.6 cm³/mol. The van der Waals surface area contributed by atoms with Gasteiger partial charge in [-0.25, -0.2) is 0 Å². The molecule has 0 saturated carbocycles. The average molecular weight is 346 g/mol. The molecule has 0 radical (unpaired) electrons. The Morgan fingerprint density at radius 3 is 2.72 bits per heavy atom. The van der Waals surface area contributed by atoms with E-state index < -0.39 is 0 Å². The molecule has 0 unspecified atom stereocenters. The molecule has 134 valence electrons. The second-order valence-corrected chi connectivity index (χ2v) is 5.81. The summed E-state index contributed by atoms with van der Waals surface area (Å²) in [6, 6.07) is 5.45. The van der Waals surface area contributed by atoms with Gasteiger partial charge in [-0.1, -0.05) is 0 Å². The number of methoxy groups -OCH3 is 3. The number of ether oxygens (including phenoxy) is 3. The summed E-state index contributed by atoms with van der Waals surface area (Å²) < 4.78 is 21.0. The highest BCUT2D eigenvalue weighted by Gasteiger charge is 2.26. The van der Waals surface area contributed by atoms with E-state index in [9.17, 15) is 4.79 Å². The Morgan fingerprint density at radius 1 is 1.20 bits per heavy atom. The average Bonchev–Trinajstić information content (AvgIpc) is 3.12. The number of carbonyl (C=O) groups is 1. The summed E-state index contributed by atoms with van der Waals surface area (Å²) in [6.45, 7) is 0.682. The zero-order valence-corrected chi connectivity index (χ0v) is 14.7. The number of anilines is 1. The Bertz CT molecular complexity index is 756. The van der Waals surface area contributed by atoms with Crippen molar-refractivity contribution < 1.29 is 23.5 Å². The first-order chi connectivity index (χ1) is 12.2. The number of fused-ring (bicyclic) bond motifs is 1. The molecule has 7 nitrogen and oxygen atoms in total. The lowest BCUT2D eigenvalue weighted by Gasteiger charge is -2.31. The number of benzene rings is 1. The summed E-state index contributed by atoms with van der Waals surface area (Å²) in [5, 5.41) is 3.75. The Kier molecular flexibility index (Phi) is 5.11. The number of hydrogen-bond donors (Lipinski definition) is 0. The fourth-order valence-electron chi connectivity index (χ4n) is 3.06. The van der Waals surface area contributed by atoms with Crippen LogP contribution in [-0.2, 0) is 17.6 Å². The van der Waals surface area contributed by atoms with E-state index in [1.165, 1.54) is 7.11 Å². The van der Waals surface area contributed by atoms with Crippen molar-refractivity contribution in [3.05, 3.63) is 29.5 Å². The minimum absolute atomic E-state index is 0.0339. The first kappa shape index (κ1) is 17.1. The van der Waals surface area contributed by atoms with Crippen LogP contribution >= 0.6 is 0 Å². The van der Waals surface area contributed by atoms with Crippen molar-refractivity contribution in [1.82, 2.24) is 5.16 Å². The molecule has 1 aliphatic rings. The molecule has 0 aliphatic carbocycles. The number of nitrogens with zero attached hydrogens (tertiary/aromatic N) is 2. The molecule has 2 aromatic rings. The van der Waals surface area contributed by atoms with E-state index in [1.54, 1.807) is 25.2 Å². The maximum Gasteiger partial charge on any atom is 0.254 e. The van der Waals surface area contributed by atoms with Gasteiger partial charge in [0.2, 0.25) is 5.91 Å². The quantitative estimate of drug-likeness (QED) is 0.800. The van der Waals surface area contributed by atoms with Gasteiger partial charge < -0.3 is 23.6 Å². The lowest BCUT2D eigenvalue weighted by atomic mass is 9.99. The minimum Gasteiger partial charge on any atom is -0.497 e. The van der Waals surface area contributed by atoms with Crippen LogP contribution in [-0.4, -0.2) is 38.9 Å². The largest absolute Gasteiger partial charge is 0.497 e. The third-order valence-electron chi connectivity index (χ3n) is 4.35. The van der Waals surface area contributed by atoms with Crippen LogP contribution in [0.25, 0.3) is 0 Å². The molecule has 3 rings (SSSR count). The van der Waals surface area contributed by atoms with Crippen LogP contribution in [0.1, 0.15) is 24.2 Å². The van der Waals surface area contributed by atoms with Crippen molar-refractivity contribution in [2.24, 2.45) is 0 Å². The number of hydrogen-bond acceptors (Lipinski definition) is 6. The van der Waals surface area contributed by atoms with E-state index in [0.29, 0.717) is 36.8 Å². The molecule has 0 saturated heterocycles. The normalized spacial score (nSPS) is 13.3. The van der Waals surface area contributed by atoms with Gasteiger partial charge in [0, 0.05) is 43.1 Å². The number of rotatable bonds is 6. The van der Waals surface area contributed by atoms with Gasteiger partial charge in [0.05, 0.1) is 27.0 Å². The number of amides is 1. The van der Waals surface area contributed by atoms with Crippen molar-refractivity contribution in [2.45, 2.75) is 25.7 Å². The molecule has 0 atom stereocenters. The second kappa shape index (κ2) is 7.46. The summed E-state index contributed by atoms with van der Waals surface area (Å²) >= 11 is 0. The number of aryl methyl sites for hydroxylation is 1. The van der Waals surface area contributed by atoms with Crippen molar-refractivity contribution >= 4 is 11.6 Å². The second-order valence-electron chi connectivity index (χ2n) is 5.81. The highest BCUT2D eigenvalue weighted by Crippen LogP contribution is 2.38. The summed E-state index contributed by atoms with van der Waals surface area (Å²) in [5.74, 6) is 2.51. The third kappa shape index (κ3) is 3.55. The van der Waals surface area contributed by atoms with Crippen molar-refractivity contribution in [3.63, 3.8) is 0 Å². The van der Waals surface area contributed by atoms with Crippen LogP contribution in [0.4, 0.5) is 5.69 Å². The molecule has 2 heterocycles. The molecule has 1 aliphatic heterocycles. The molecule has 0 bridgehead atoms. The standard InChI is InChI=1S/C18H22N2O5/c1-22-13-9-15-14(16(10-13)23-2)5-4-8-20(15)18(21)7-6-12-11-17(24-3)19-25-12/h9-11H,4-8H2,1-3H3. The summed E-state index contributed by atoms with van der Waals surface area (Å²) in [4.78, 5) is 14.6. The molecule has 25 heavy (non-hydrogen) atoms. The fraction of sp³-hybridized carbons (Fsp3) is 0.444. The summed E-state index contributed by atoms with van der Waals surface area (Å²) in [5.41, 5.74) is 1.91. The lowest BCUT2D eigenvalue weighted by Crippen LogP contribution is -2.35. The van der Waals surface area contributed by atoms with E-state index in [2.05, 4.69) is 5.16 Å². The fourth-order valence-corrected chi connectivity index (χ4v) is 3.06. The van der Waals surface area contributed by atoms with Crippen LogP contribution in [0.15, 0.2) is 22.7 Å². The van der Waals surface area contributed by atoms with Gasteiger partial charge in [0.1, 0.15) is 17.3 Å². The van der Waals surface area contributed by atoms with Crippen LogP contribution in [0.3, 0.4) is 0 Å². The minimum atomic E-state index is 0.0339. The SMILES string of the molecule is COc1cc(OC)c2c(c1)N(C(=O)CCc1cc(OC)no1)CCC2. The number of aromatic nitrogens is 1. The highest BCUT2D eigenvalue weighted by atomic mass is 16.5. The van der Waals surface area contributed by atoms with Crippen LogP contribution in [0.2, 0.25) is 0 Å². The molecule has 1 aromatic carbocycles. The Morgan fingerprint density at radius 2 is 2.04 bits per heavy atom. The molecule has 1 aromatic heterocycles. The molecule has 1 amide bonds. The van der Waals surface area contributed by atoms with E-state index in [0.717, 1.165) is 29.8 Å². The van der Waals surface area contributed by atoms with Crippen LogP contribution in [0, 0.1) is 0 Å². The van der Waals surface area contributed by atoms with Gasteiger partial charge in [0.25, 0.3) is 5.88 Å². The third-order valence-corrected chi connectivity index (χ3v) is 4.35. The smallest absolute Gasteiger partial charge is 0.254 e. The summed E-state index contributed by atoms with van der Waals surface area (Å²) in [6.07, 6.45) is 2.59. The van der Waals surface area contributed by atoms with E-state index in [1.807, 2.05) is 12.1 Å². The zero-order chi connectivity index (χ0) is 17.8. The van der Waals surface area contributed by atoms with Crippen molar-refractivity contribution in [3.8, 4) is 17.4 Å². The van der Waals surface area contributed by atoms with Gasteiger partial charge in [-0.2, -0.15) is 0 Å². The molecular weight excluding hydrogens is 324 g/mol. The van der Waals surface area contributed by atoms with Gasteiger partial charge >= 0.3 is 0 Å². The molecule has 0 spiro atoms. The van der Waals surface area contributed by atoms with E-state index >= 15 is 0 Å². The highest BCUT2D eigenvalue weighted by molar-refractivity contribution is 5.95. The van der Waals surface area contributed by atoms with Crippen molar-refractivity contribution in [2.75, 3.05) is 32.8 Å². The zero-order valence-electron chi connectivity index (χ0n) is 14.7. The van der Waals surface area contributed by atoms with E-state index in [-0.39, 0.29) is 5.91 Å². The molecule has 0 N–H and O–H groups in total. The van der Waals surface area contributed by atoms with Crippen LogP contribution in [0.5, 0.6) is 17.4 Å². The molecule has 7 heteroatoms. The topological polar surface area (TPSA) is 74.0 Å². The molecule has 0 fully saturated rings.